The highest BCUT2D eigenvalue weighted by Gasteiger charge is 2.16. The van der Waals surface area contributed by atoms with Crippen molar-refractivity contribution < 1.29 is 4.52 Å². The van der Waals surface area contributed by atoms with Crippen molar-refractivity contribution in [3.05, 3.63) is 52.8 Å². The zero-order chi connectivity index (χ0) is 17.8. The lowest BCUT2D eigenvalue weighted by Crippen LogP contribution is -2.14. The second-order valence-corrected chi connectivity index (χ2v) is 6.03. The lowest BCUT2D eigenvalue weighted by molar-refractivity contribution is 0.426. The van der Waals surface area contributed by atoms with Gasteiger partial charge in [0, 0.05) is 18.5 Å². The maximum Gasteiger partial charge on any atom is 0.274 e. The number of aromatic amines is 1. The number of hydrogen-bond acceptors (Lipinski definition) is 6. The Labute approximate surface area is 145 Å². The van der Waals surface area contributed by atoms with E-state index in [1.54, 1.807) is 17.8 Å². The van der Waals surface area contributed by atoms with Gasteiger partial charge in [-0.25, -0.2) is 0 Å². The number of aromatic nitrogens is 7. The third kappa shape index (κ3) is 2.07. The number of H-pyrrole nitrogens is 1. The lowest BCUT2D eigenvalue weighted by Gasteiger charge is -2.04. The Morgan fingerprint density at radius 3 is 2.85 bits per heavy atom. The number of benzene rings is 1. The van der Waals surface area contributed by atoms with Gasteiger partial charge in [-0.15, -0.1) is 0 Å². The molecule has 5 rings (SSSR count). The minimum atomic E-state index is -0.248. The van der Waals surface area contributed by atoms with Crippen LogP contribution in [0.5, 0.6) is 0 Å². The first-order valence-corrected chi connectivity index (χ1v) is 7.94. The van der Waals surface area contributed by atoms with Gasteiger partial charge in [0.2, 0.25) is 0 Å². The Kier molecular flexibility index (Phi) is 2.87. The molecular weight excluding hydrogens is 334 g/mol. The highest BCUT2D eigenvalue weighted by molar-refractivity contribution is 5.84. The molecule has 9 nitrogen and oxygen atoms in total. The largest absolute Gasteiger partial charge is 0.339 e. The molecule has 0 aliphatic carbocycles. The molecule has 0 radical (unpaired) electrons. The summed E-state index contributed by atoms with van der Waals surface area (Å²) in [6, 6.07) is 7.41. The Morgan fingerprint density at radius 1 is 1.15 bits per heavy atom. The number of fused-ring (bicyclic) bond motifs is 2. The summed E-state index contributed by atoms with van der Waals surface area (Å²) in [6.45, 7) is 1.73. The van der Waals surface area contributed by atoms with Gasteiger partial charge >= 0.3 is 0 Å². The first-order chi connectivity index (χ1) is 12.6. The second kappa shape index (κ2) is 5.12. The zero-order valence-corrected chi connectivity index (χ0v) is 14.0. The molecule has 0 saturated heterocycles. The molecule has 0 bridgehead atoms. The molecule has 5 aromatic rings. The van der Waals surface area contributed by atoms with Gasteiger partial charge in [-0.3, -0.25) is 9.48 Å². The van der Waals surface area contributed by atoms with Crippen molar-refractivity contribution in [2.75, 3.05) is 0 Å². The molecule has 0 saturated carbocycles. The summed E-state index contributed by atoms with van der Waals surface area (Å²) >= 11 is 0. The highest BCUT2D eigenvalue weighted by Crippen LogP contribution is 2.25. The number of aryl methyl sites for hydroxylation is 2. The standard InChI is InChI=1S/C17H13N7O2/c1-9-20-17(26-22-9)12-8-19-24-15(25)6-13(21-16(12)24)10-3-4-14-11(5-10)7-18-23(14)2/h3-8,21H,1-2H3. The molecule has 0 aliphatic rings. The van der Waals surface area contributed by atoms with Crippen LogP contribution in [0.1, 0.15) is 5.82 Å². The minimum Gasteiger partial charge on any atom is -0.339 e. The van der Waals surface area contributed by atoms with E-state index in [2.05, 4.69) is 25.3 Å². The fraction of sp³-hybridized carbons (Fsp3) is 0.118. The average molecular weight is 347 g/mol. The van der Waals surface area contributed by atoms with E-state index >= 15 is 0 Å². The quantitative estimate of drug-likeness (QED) is 0.523. The lowest BCUT2D eigenvalue weighted by atomic mass is 10.1. The van der Waals surface area contributed by atoms with E-state index in [-0.39, 0.29) is 5.56 Å². The monoisotopic (exact) mass is 347 g/mol. The summed E-state index contributed by atoms with van der Waals surface area (Å²) in [7, 11) is 1.89. The van der Waals surface area contributed by atoms with Crippen LogP contribution in [0.25, 0.3) is 39.3 Å². The van der Waals surface area contributed by atoms with Gasteiger partial charge < -0.3 is 9.51 Å². The average Bonchev–Trinajstić information content (AvgIpc) is 3.33. The Bertz CT molecular complexity index is 1340. The number of nitrogens with zero attached hydrogens (tertiary/aromatic N) is 6. The van der Waals surface area contributed by atoms with Gasteiger partial charge in [0.1, 0.15) is 5.56 Å². The van der Waals surface area contributed by atoms with E-state index < -0.39 is 0 Å². The first kappa shape index (κ1) is 14.6. The summed E-state index contributed by atoms with van der Waals surface area (Å²) in [5, 5.41) is 13.2. The second-order valence-electron chi connectivity index (χ2n) is 6.03. The smallest absolute Gasteiger partial charge is 0.274 e. The van der Waals surface area contributed by atoms with Crippen molar-refractivity contribution in [3.8, 4) is 22.7 Å². The van der Waals surface area contributed by atoms with Crippen LogP contribution in [0.2, 0.25) is 0 Å². The molecule has 26 heavy (non-hydrogen) atoms. The van der Waals surface area contributed by atoms with Gasteiger partial charge in [-0.1, -0.05) is 11.2 Å². The molecule has 0 fully saturated rings. The van der Waals surface area contributed by atoms with Gasteiger partial charge in [0.05, 0.1) is 23.6 Å². The number of nitrogens with one attached hydrogen (secondary N) is 1. The number of rotatable bonds is 2. The van der Waals surface area contributed by atoms with Crippen LogP contribution in [0.4, 0.5) is 0 Å². The maximum absolute atomic E-state index is 12.5. The third-order valence-electron chi connectivity index (χ3n) is 4.31. The third-order valence-corrected chi connectivity index (χ3v) is 4.31. The predicted molar refractivity (Wildman–Crippen MR) is 93.5 cm³/mol. The first-order valence-electron chi connectivity index (χ1n) is 7.94. The molecule has 128 valence electrons. The summed E-state index contributed by atoms with van der Waals surface area (Å²) in [5.41, 5.74) is 3.39. The predicted octanol–water partition coefficient (Wildman–Crippen LogP) is 1.93. The van der Waals surface area contributed by atoms with E-state index in [1.807, 2.05) is 25.2 Å². The number of hydrogen-bond donors (Lipinski definition) is 1. The highest BCUT2D eigenvalue weighted by atomic mass is 16.5. The summed E-state index contributed by atoms with van der Waals surface area (Å²) in [6.07, 6.45) is 3.33. The molecule has 0 atom stereocenters. The van der Waals surface area contributed by atoms with E-state index in [0.29, 0.717) is 28.6 Å². The fourth-order valence-electron chi connectivity index (χ4n) is 3.03. The van der Waals surface area contributed by atoms with Gasteiger partial charge in [-0.2, -0.15) is 19.7 Å². The normalized spacial score (nSPS) is 11.6. The van der Waals surface area contributed by atoms with Crippen molar-refractivity contribution in [2.24, 2.45) is 7.05 Å². The topological polar surface area (TPSA) is 107 Å². The molecule has 0 unspecified atom stereocenters. The molecule has 1 aromatic carbocycles. The molecule has 9 heteroatoms. The zero-order valence-electron chi connectivity index (χ0n) is 14.0. The van der Waals surface area contributed by atoms with E-state index in [1.165, 1.54) is 16.8 Å². The molecule has 1 N–H and O–H groups in total. The van der Waals surface area contributed by atoms with Crippen LogP contribution >= 0.6 is 0 Å². The van der Waals surface area contributed by atoms with Crippen molar-refractivity contribution in [1.29, 1.82) is 0 Å². The van der Waals surface area contributed by atoms with Crippen LogP contribution < -0.4 is 5.56 Å². The fourth-order valence-corrected chi connectivity index (χ4v) is 3.03. The molecular formula is C17H13N7O2. The summed E-state index contributed by atoms with van der Waals surface area (Å²) in [5.74, 6) is 0.827. The Hall–Kier alpha value is -3.75. The van der Waals surface area contributed by atoms with Crippen LogP contribution in [-0.4, -0.2) is 34.5 Å². The van der Waals surface area contributed by atoms with Crippen molar-refractivity contribution >= 4 is 16.6 Å². The van der Waals surface area contributed by atoms with Crippen molar-refractivity contribution in [2.45, 2.75) is 6.92 Å². The maximum atomic E-state index is 12.5. The van der Waals surface area contributed by atoms with Gasteiger partial charge in [0.25, 0.3) is 11.4 Å². The van der Waals surface area contributed by atoms with Crippen LogP contribution in [-0.2, 0) is 7.05 Å². The van der Waals surface area contributed by atoms with Crippen molar-refractivity contribution in [1.82, 2.24) is 34.5 Å². The molecule has 0 amide bonds. The Balaban J connectivity index is 1.73. The van der Waals surface area contributed by atoms with Crippen LogP contribution in [0, 0.1) is 6.92 Å². The van der Waals surface area contributed by atoms with Gasteiger partial charge in [0.15, 0.2) is 11.5 Å². The molecule has 0 aliphatic heterocycles. The van der Waals surface area contributed by atoms with Crippen molar-refractivity contribution in [3.63, 3.8) is 0 Å². The van der Waals surface area contributed by atoms with Crippen LogP contribution in [0.15, 0.2) is 46.0 Å². The SMILES string of the molecule is Cc1noc(-c2cnn3c(=O)cc(-c4ccc5c(cnn5C)c4)[nH]c23)n1. The minimum absolute atomic E-state index is 0.248. The summed E-state index contributed by atoms with van der Waals surface area (Å²) in [4.78, 5) is 20.0. The Morgan fingerprint density at radius 2 is 2.04 bits per heavy atom. The molecule has 0 spiro atoms. The molecule has 4 heterocycles. The summed E-state index contributed by atoms with van der Waals surface area (Å²) < 4.78 is 8.30. The van der Waals surface area contributed by atoms with Crippen LogP contribution in [0.3, 0.4) is 0 Å². The van der Waals surface area contributed by atoms with E-state index in [4.69, 9.17) is 4.52 Å². The van der Waals surface area contributed by atoms with E-state index in [9.17, 15) is 4.79 Å². The molecule has 4 aromatic heterocycles. The van der Waals surface area contributed by atoms with E-state index in [0.717, 1.165) is 16.5 Å². The van der Waals surface area contributed by atoms with Gasteiger partial charge in [-0.05, 0) is 24.6 Å².